The Morgan fingerprint density at radius 1 is 1.42 bits per heavy atom. The third-order valence-corrected chi connectivity index (χ3v) is 3.79. The first kappa shape index (κ1) is 16.4. The zero-order chi connectivity index (χ0) is 14.1. The number of methoxy groups -OCH3 is 2. The number of thiazole rings is 1. The van der Waals surface area contributed by atoms with Crippen LogP contribution in [0.15, 0.2) is 6.20 Å². The maximum atomic E-state index is 5.24. The van der Waals surface area contributed by atoms with Gasteiger partial charge < -0.3 is 14.8 Å². The van der Waals surface area contributed by atoms with Gasteiger partial charge in [0.2, 0.25) is 0 Å². The number of aromatic nitrogens is 1. The highest BCUT2D eigenvalue weighted by atomic mass is 32.1. The van der Waals surface area contributed by atoms with Crippen LogP contribution in [-0.2, 0) is 16.0 Å². The molecule has 1 atom stereocenters. The van der Waals surface area contributed by atoms with Gasteiger partial charge in [0.25, 0.3) is 0 Å². The SMILES string of the molecule is CCNc1ncc(CN(CCOC)C(C)COC)s1. The maximum Gasteiger partial charge on any atom is 0.182 e. The molecule has 0 aliphatic carbocycles. The van der Waals surface area contributed by atoms with Gasteiger partial charge in [-0.2, -0.15) is 0 Å². The minimum Gasteiger partial charge on any atom is -0.383 e. The van der Waals surface area contributed by atoms with E-state index in [0.717, 1.165) is 38.0 Å². The highest BCUT2D eigenvalue weighted by molar-refractivity contribution is 7.15. The van der Waals surface area contributed by atoms with E-state index < -0.39 is 0 Å². The molecule has 5 nitrogen and oxygen atoms in total. The summed E-state index contributed by atoms with van der Waals surface area (Å²) in [6.07, 6.45) is 1.95. The van der Waals surface area contributed by atoms with E-state index in [2.05, 4.69) is 29.0 Å². The molecule has 0 saturated carbocycles. The fourth-order valence-electron chi connectivity index (χ4n) is 1.82. The molecule has 0 spiro atoms. The molecule has 0 saturated heterocycles. The predicted molar refractivity (Wildman–Crippen MR) is 79.9 cm³/mol. The van der Waals surface area contributed by atoms with Gasteiger partial charge in [-0.3, -0.25) is 4.90 Å². The zero-order valence-corrected chi connectivity index (χ0v) is 13.1. The number of nitrogens with one attached hydrogen (secondary N) is 1. The zero-order valence-electron chi connectivity index (χ0n) is 12.3. The Hall–Kier alpha value is -0.690. The fourth-order valence-corrected chi connectivity index (χ4v) is 2.73. The molecule has 1 aromatic heterocycles. The molecule has 1 rings (SSSR count). The summed E-state index contributed by atoms with van der Waals surface area (Å²) in [5, 5.41) is 4.23. The summed E-state index contributed by atoms with van der Waals surface area (Å²) in [5.41, 5.74) is 0. The summed E-state index contributed by atoms with van der Waals surface area (Å²) in [5.74, 6) is 0. The van der Waals surface area contributed by atoms with Gasteiger partial charge in [0, 0.05) is 51.0 Å². The van der Waals surface area contributed by atoms with Crippen LogP contribution < -0.4 is 5.32 Å². The van der Waals surface area contributed by atoms with Crippen LogP contribution in [-0.4, -0.2) is 56.4 Å². The summed E-state index contributed by atoms with van der Waals surface area (Å²) in [6, 6.07) is 0.366. The molecule has 0 radical (unpaired) electrons. The van der Waals surface area contributed by atoms with Crippen molar-refractivity contribution in [2.45, 2.75) is 26.4 Å². The average Bonchev–Trinajstić information content (AvgIpc) is 2.82. The molecule has 0 bridgehead atoms. The largest absolute Gasteiger partial charge is 0.383 e. The van der Waals surface area contributed by atoms with Crippen molar-refractivity contribution < 1.29 is 9.47 Å². The van der Waals surface area contributed by atoms with E-state index in [0.29, 0.717) is 6.04 Å². The highest BCUT2D eigenvalue weighted by Gasteiger charge is 2.15. The van der Waals surface area contributed by atoms with E-state index in [1.807, 2.05) is 6.20 Å². The van der Waals surface area contributed by atoms with Gasteiger partial charge in [0.1, 0.15) is 0 Å². The summed E-state index contributed by atoms with van der Waals surface area (Å²) in [4.78, 5) is 7.98. The number of hydrogen-bond donors (Lipinski definition) is 1. The Kier molecular flexibility index (Phi) is 7.97. The normalized spacial score (nSPS) is 12.9. The third kappa shape index (κ3) is 5.86. The van der Waals surface area contributed by atoms with Crippen LogP contribution >= 0.6 is 11.3 Å². The van der Waals surface area contributed by atoms with Crippen LogP contribution in [0.25, 0.3) is 0 Å². The van der Waals surface area contributed by atoms with Crippen molar-refractivity contribution >= 4 is 16.5 Å². The van der Waals surface area contributed by atoms with Crippen molar-refractivity contribution in [3.63, 3.8) is 0 Å². The number of ether oxygens (including phenoxy) is 2. The molecule has 0 aromatic carbocycles. The summed E-state index contributed by atoms with van der Waals surface area (Å²) < 4.78 is 10.4. The number of nitrogens with zero attached hydrogens (tertiary/aromatic N) is 2. The van der Waals surface area contributed by atoms with Crippen LogP contribution in [0, 0.1) is 0 Å². The Morgan fingerprint density at radius 2 is 2.21 bits per heavy atom. The average molecular weight is 287 g/mol. The van der Waals surface area contributed by atoms with Crippen LogP contribution in [0.1, 0.15) is 18.7 Å². The molecule has 0 amide bonds. The van der Waals surface area contributed by atoms with Crippen LogP contribution in [0.3, 0.4) is 0 Å². The van der Waals surface area contributed by atoms with Crippen molar-refractivity contribution in [1.29, 1.82) is 0 Å². The van der Waals surface area contributed by atoms with E-state index in [4.69, 9.17) is 9.47 Å². The first-order valence-electron chi connectivity index (χ1n) is 6.61. The van der Waals surface area contributed by atoms with Crippen LogP contribution in [0.4, 0.5) is 5.13 Å². The second-order valence-corrected chi connectivity index (χ2v) is 5.54. The standard InChI is InChI=1S/C13H25N3O2S/c1-5-14-13-15-8-12(19-13)9-16(6-7-17-3)11(2)10-18-4/h8,11H,5-7,9-10H2,1-4H3,(H,14,15). The summed E-state index contributed by atoms with van der Waals surface area (Å²) >= 11 is 1.71. The van der Waals surface area contributed by atoms with E-state index in [9.17, 15) is 0 Å². The van der Waals surface area contributed by atoms with Crippen LogP contribution in [0.5, 0.6) is 0 Å². The van der Waals surface area contributed by atoms with Crippen molar-refractivity contribution in [1.82, 2.24) is 9.88 Å². The van der Waals surface area contributed by atoms with Gasteiger partial charge in [0.15, 0.2) is 5.13 Å². The van der Waals surface area contributed by atoms with Gasteiger partial charge in [-0.15, -0.1) is 11.3 Å². The molecule has 0 aliphatic heterocycles. The van der Waals surface area contributed by atoms with Crippen molar-refractivity contribution in [3.05, 3.63) is 11.1 Å². The summed E-state index contributed by atoms with van der Waals surface area (Å²) in [7, 11) is 3.47. The quantitative estimate of drug-likeness (QED) is 0.714. The van der Waals surface area contributed by atoms with Gasteiger partial charge in [-0.1, -0.05) is 0 Å². The van der Waals surface area contributed by atoms with Gasteiger partial charge in [-0.05, 0) is 13.8 Å². The first-order chi connectivity index (χ1) is 9.21. The predicted octanol–water partition coefficient (Wildman–Crippen LogP) is 2.06. The molecule has 1 heterocycles. The lowest BCUT2D eigenvalue weighted by molar-refractivity contribution is 0.0711. The number of rotatable bonds is 10. The third-order valence-electron chi connectivity index (χ3n) is 2.85. The minimum absolute atomic E-state index is 0.366. The first-order valence-corrected chi connectivity index (χ1v) is 7.43. The maximum absolute atomic E-state index is 5.24. The topological polar surface area (TPSA) is 46.6 Å². The molecule has 1 unspecified atom stereocenters. The van der Waals surface area contributed by atoms with Crippen LogP contribution in [0.2, 0.25) is 0 Å². The monoisotopic (exact) mass is 287 g/mol. The van der Waals surface area contributed by atoms with Gasteiger partial charge in [0.05, 0.1) is 13.2 Å². The van der Waals surface area contributed by atoms with E-state index >= 15 is 0 Å². The van der Waals surface area contributed by atoms with E-state index in [1.165, 1.54) is 4.88 Å². The van der Waals surface area contributed by atoms with Crippen molar-refractivity contribution in [3.8, 4) is 0 Å². The van der Waals surface area contributed by atoms with Crippen molar-refractivity contribution in [2.24, 2.45) is 0 Å². The molecule has 6 heteroatoms. The lowest BCUT2D eigenvalue weighted by Gasteiger charge is -2.27. The van der Waals surface area contributed by atoms with Gasteiger partial charge >= 0.3 is 0 Å². The van der Waals surface area contributed by atoms with Crippen molar-refractivity contribution in [2.75, 3.05) is 45.8 Å². The molecule has 110 valence electrons. The summed E-state index contributed by atoms with van der Waals surface area (Å²) in [6.45, 7) is 8.39. The molecular weight excluding hydrogens is 262 g/mol. The lowest BCUT2D eigenvalue weighted by atomic mass is 10.3. The smallest absolute Gasteiger partial charge is 0.182 e. The van der Waals surface area contributed by atoms with E-state index in [-0.39, 0.29) is 0 Å². The Morgan fingerprint density at radius 3 is 2.84 bits per heavy atom. The molecule has 0 aliphatic rings. The molecule has 1 N–H and O–H groups in total. The Balaban J connectivity index is 2.58. The van der Waals surface area contributed by atoms with Gasteiger partial charge in [-0.25, -0.2) is 4.98 Å². The highest BCUT2D eigenvalue weighted by Crippen LogP contribution is 2.20. The number of anilines is 1. The fraction of sp³-hybridized carbons (Fsp3) is 0.769. The second-order valence-electron chi connectivity index (χ2n) is 4.43. The number of hydrogen-bond acceptors (Lipinski definition) is 6. The lowest BCUT2D eigenvalue weighted by Crippen LogP contribution is -2.37. The molecule has 0 fully saturated rings. The van der Waals surface area contributed by atoms with E-state index in [1.54, 1.807) is 25.6 Å². The minimum atomic E-state index is 0.366. The second kappa shape index (κ2) is 9.25. The molecule has 19 heavy (non-hydrogen) atoms. The molecular formula is C13H25N3O2S. The molecule has 1 aromatic rings. The Bertz CT molecular complexity index is 346. The Labute approximate surface area is 119 Å².